The summed E-state index contributed by atoms with van der Waals surface area (Å²) in [5, 5.41) is 12.1. The summed E-state index contributed by atoms with van der Waals surface area (Å²) < 4.78 is 16.4. The fraction of sp³-hybridized carbons (Fsp3) is 0.333. The number of ether oxygens (including phenoxy) is 3. The summed E-state index contributed by atoms with van der Waals surface area (Å²) in [5.74, 6) is 3.27. The molecule has 0 amide bonds. The van der Waals surface area contributed by atoms with Crippen molar-refractivity contribution in [3.8, 4) is 11.5 Å². The Morgan fingerprint density at radius 1 is 1.11 bits per heavy atom. The van der Waals surface area contributed by atoms with Crippen molar-refractivity contribution in [1.29, 1.82) is 0 Å². The van der Waals surface area contributed by atoms with Gasteiger partial charge in [0, 0.05) is 30.1 Å². The van der Waals surface area contributed by atoms with Crippen molar-refractivity contribution in [2.45, 2.75) is 17.8 Å². The summed E-state index contributed by atoms with van der Waals surface area (Å²) in [6.45, 7) is 2.63. The fourth-order valence-corrected chi connectivity index (χ4v) is 5.85. The number of aliphatic imine (C=N–C) groups is 1. The molecule has 3 aliphatic rings. The summed E-state index contributed by atoms with van der Waals surface area (Å²) in [7, 11) is 3.26. The molecule has 0 radical (unpaired) electrons. The maximum absolute atomic E-state index is 6.47. The molecule has 1 aliphatic carbocycles. The van der Waals surface area contributed by atoms with Gasteiger partial charge in [-0.25, -0.2) is 0 Å². The molecule has 11 heteroatoms. The molecule has 2 N–H and O–H groups in total. The molecule has 4 aromatic rings. The van der Waals surface area contributed by atoms with Crippen LogP contribution in [0.3, 0.4) is 0 Å². The maximum Gasteiger partial charge on any atom is 0.232 e. The third-order valence-corrected chi connectivity index (χ3v) is 7.94. The lowest BCUT2D eigenvalue weighted by atomic mass is 9.92. The van der Waals surface area contributed by atoms with Gasteiger partial charge in [0.1, 0.15) is 5.75 Å². The highest BCUT2D eigenvalue weighted by molar-refractivity contribution is 6.31. The second-order valence-corrected chi connectivity index (χ2v) is 10.1. The minimum absolute atomic E-state index is 0.0672. The molecule has 1 saturated heterocycles. The molecule has 1 saturated carbocycles. The van der Waals surface area contributed by atoms with Gasteiger partial charge in [0.05, 0.1) is 38.6 Å². The number of nitrogens with one attached hydrogen (secondary N) is 2. The van der Waals surface area contributed by atoms with Crippen LogP contribution in [0.25, 0.3) is 10.9 Å². The van der Waals surface area contributed by atoms with Crippen LogP contribution in [0.15, 0.2) is 41.4 Å². The minimum atomic E-state index is -0.0672. The summed E-state index contributed by atoms with van der Waals surface area (Å²) in [6, 6.07) is 12.5. The second-order valence-electron chi connectivity index (χ2n) is 9.73. The van der Waals surface area contributed by atoms with Crippen LogP contribution in [-0.4, -0.2) is 66.9 Å². The van der Waals surface area contributed by atoms with Crippen LogP contribution in [0.1, 0.15) is 23.5 Å². The number of halogens is 1. The Kier molecular flexibility index (Phi) is 5.41. The van der Waals surface area contributed by atoms with E-state index >= 15 is 0 Å². The van der Waals surface area contributed by atoms with E-state index in [1.165, 1.54) is 11.1 Å². The third kappa shape index (κ3) is 3.66. The quantitative estimate of drug-likeness (QED) is 0.343. The minimum Gasteiger partial charge on any atom is -0.497 e. The van der Waals surface area contributed by atoms with Gasteiger partial charge >= 0.3 is 0 Å². The zero-order chi connectivity index (χ0) is 25.9. The van der Waals surface area contributed by atoms with Gasteiger partial charge in [0.25, 0.3) is 0 Å². The lowest BCUT2D eigenvalue weighted by molar-refractivity contribution is 0.122. The zero-order valence-corrected chi connectivity index (χ0v) is 21.7. The third-order valence-electron chi connectivity index (χ3n) is 7.68. The molecule has 7 rings (SSSR count). The molecule has 2 atom stereocenters. The largest absolute Gasteiger partial charge is 0.497 e. The first kappa shape index (κ1) is 23.2. The first-order valence-electron chi connectivity index (χ1n) is 12.5. The summed E-state index contributed by atoms with van der Waals surface area (Å²) in [4.78, 5) is 15.9. The summed E-state index contributed by atoms with van der Waals surface area (Å²) in [6.07, 6.45) is 3.12. The van der Waals surface area contributed by atoms with Gasteiger partial charge in [0.2, 0.25) is 5.95 Å². The standard InChI is InChI=1S/C27H26ClN7O3/c1-36-16-4-6-20-18(12-16)27(14-29-20)13-19(27)15-3-5-17-21(11-15)33-34-24(17)31-26-30-23(28)22(37-2)25(32-26)35-7-9-38-10-8-35/h3-6,11-12,14,19H,7-10,13H2,1-2H3,(H2,30,31,32,33,34)/t19-,27-/m0/s1. The van der Waals surface area contributed by atoms with E-state index in [1.54, 1.807) is 14.2 Å². The van der Waals surface area contributed by atoms with Crippen molar-refractivity contribution in [3.63, 3.8) is 0 Å². The first-order valence-corrected chi connectivity index (χ1v) is 12.9. The summed E-state index contributed by atoms with van der Waals surface area (Å²) >= 11 is 6.47. The first-order chi connectivity index (χ1) is 18.6. The number of methoxy groups -OCH3 is 2. The number of hydrogen-bond donors (Lipinski definition) is 2. The van der Waals surface area contributed by atoms with Gasteiger partial charge in [-0.2, -0.15) is 15.1 Å². The number of rotatable bonds is 6. The van der Waals surface area contributed by atoms with E-state index in [9.17, 15) is 0 Å². The van der Waals surface area contributed by atoms with E-state index < -0.39 is 0 Å². The molecule has 10 nitrogen and oxygen atoms in total. The molecule has 4 heterocycles. The van der Waals surface area contributed by atoms with Crippen molar-refractivity contribution >= 4 is 52.0 Å². The topological polar surface area (TPSA) is 110 Å². The number of fused-ring (bicyclic) bond motifs is 3. The molecule has 2 fully saturated rings. The van der Waals surface area contributed by atoms with Gasteiger partial charge in [0.15, 0.2) is 22.5 Å². The number of nitrogens with zero attached hydrogens (tertiary/aromatic N) is 5. The number of anilines is 3. The number of morpholine rings is 1. The van der Waals surface area contributed by atoms with Crippen molar-refractivity contribution in [1.82, 2.24) is 20.2 Å². The van der Waals surface area contributed by atoms with Gasteiger partial charge in [-0.05, 0) is 53.8 Å². The normalized spacial score (nSPS) is 21.7. The van der Waals surface area contributed by atoms with E-state index in [4.69, 9.17) is 30.8 Å². The Morgan fingerprint density at radius 3 is 2.79 bits per heavy atom. The molecule has 0 bridgehead atoms. The Labute approximate surface area is 224 Å². The van der Waals surface area contributed by atoms with Crippen molar-refractivity contribution in [2.75, 3.05) is 50.7 Å². The number of H-pyrrole nitrogens is 1. The number of aromatic amines is 1. The van der Waals surface area contributed by atoms with Crippen LogP contribution in [0.5, 0.6) is 11.5 Å². The van der Waals surface area contributed by atoms with E-state index in [2.05, 4.69) is 60.9 Å². The van der Waals surface area contributed by atoms with Gasteiger partial charge in [-0.1, -0.05) is 17.7 Å². The molecule has 0 unspecified atom stereocenters. The zero-order valence-electron chi connectivity index (χ0n) is 21.0. The number of benzene rings is 2. The van der Waals surface area contributed by atoms with E-state index in [1.807, 2.05) is 12.1 Å². The van der Waals surface area contributed by atoms with Crippen molar-refractivity contribution in [3.05, 3.63) is 52.7 Å². The number of hydrogen-bond acceptors (Lipinski definition) is 9. The van der Waals surface area contributed by atoms with Crippen LogP contribution in [0.2, 0.25) is 5.15 Å². The van der Waals surface area contributed by atoms with Crippen molar-refractivity contribution in [2.24, 2.45) is 4.99 Å². The molecule has 2 aliphatic heterocycles. The van der Waals surface area contributed by atoms with Crippen LogP contribution in [0, 0.1) is 0 Å². The predicted octanol–water partition coefficient (Wildman–Crippen LogP) is 4.74. The molecule has 2 aromatic carbocycles. The maximum atomic E-state index is 6.47. The molecular weight excluding hydrogens is 506 g/mol. The van der Waals surface area contributed by atoms with E-state index in [0.29, 0.717) is 55.6 Å². The average Bonchev–Trinajstić information content (AvgIpc) is 3.39. The molecule has 194 valence electrons. The van der Waals surface area contributed by atoms with Gasteiger partial charge in [-0.3, -0.25) is 10.1 Å². The van der Waals surface area contributed by atoms with Gasteiger partial charge < -0.3 is 24.4 Å². The van der Waals surface area contributed by atoms with Crippen LogP contribution >= 0.6 is 11.6 Å². The van der Waals surface area contributed by atoms with E-state index in [-0.39, 0.29) is 10.6 Å². The van der Waals surface area contributed by atoms with Crippen LogP contribution < -0.4 is 19.7 Å². The van der Waals surface area contributed by atoms with Gasteiger partial charge in [-0.15, -0.1) is 0 Å². The Balaban J connectivity index is 1.16. The highest BCUT2D eigenvalue weighted by Crippen LogP contribution is 2.64. The average molecular weight is 532 g/mol. The monoisotopic (exact) mass is 531 g/mol. The highest BCUT2D eigenvalue weighted by Gasteiger charge is 2.58. The fourth-order valence-electron chi connectivity index (χ4n) is 5.60. The molecule has 38 heavy (non-hydrogen) atoms. The smallest absolute Gasteiger partial charge is 0.232 e. The molecular formula is C27H26ClN7O3. The lowest BCUT2D eigenvalue weighted by Crippen LogP contribution is -2.37. The highest BCUT2D eigenvalue weighted by atomic mass is 35.5. The Bertz CT molecular complexity index is 1580. The molecule has 2 aromatic heterocycles. The number of aromatic nitrogens is 4. The SMILES string of the molecule is COc1ccc2c(c1)[C@@]1(C=N2)C[C@H]1c1ccc2c(Nc3nc(Cl)c(OC)c(N4CCOCC4)n3)n[nH]c2c1. The van der Waals surface area contributed by atoms with E-state index in [0.717, 1.165) is 28.8 Å². The van der Waals surface area contributed by atoms with Crippen LogP contribution in [0.4, 0.5) is 23.3 Å². The lowest BCUT2D eigenvalue weighted by Gasteiger charge is -2.29. The summed E-state index contributed by atoms with van der Waals surface area (Å²) in [5.41, 5.74) is 4.37. The predicted molar refractivity (Wildman–Crippen MR) is 146 cm³/mol. The Morgan fingerprint density at radius 2 is 1.97 bits per heavy atom. The van der Waals surface area contributed by atoms with Crippen molar-refractivity contribution < 1.29 is 14.2 Å². The second kappa shape index (κ2) is 8.85. The molecule has 1 spiro atoms. The Hall–Kier alpha value is -3.89. The van der Waals surface area contributed by atoms with Crippen LogP contribution in [-0.2, 0) is 10.2 Å².